The van der Waals surface area contributed by atoms with Crippen LogP contribution < -0.4 is 4.74 Å². The summed E-state index contributed by atoms with van der Waals surface area (Å²) < 4.78 is 11.2. The molecule has 0 aliphatic heterocycles. The van der Waals surface area contributed by atoms with Crippen molar-refractivity contribution in [3.63, 3.8) is 0 Å². The van der Waals surface area contributed by atoms with Gasteiger partial charge in [-0.2, -0.15) is 5.26 Å². The average Bonchev–Trinajstić information content (AvgIpc) is 3.40. The maximum atomic E-state index is 12.1. The van der Waals surface area contributed by atoms with Crippen molar-refractivity contribution in [1.82, 2.24) is 0 Å². The normalized spacial score (nSPS) is 16.6. The van der Waals surface area contributed by atoms with E-state index in [1.165, 1.54) is 0 Å². The van der Waals surface area contributed by atoms with Gasteiger partial charge in [0.15, 0.2) is 0 Å². The number of nitrogens with zero attached hydrogens (tertiary/aromatic N) is 1. The minimum atomic E-state index is -0.458. The number of benzene rings is 2. The first-order valence-electron chi connectivity index (χ1n) is 8.66. The Labute approximate surface area is 154 Å². The summed E-state index contributed by atoms with van der Waals surface area (Å²) in [5.74, 6) is 1.59. The molecule has 133 valence electrons. The molecule has 1 radical (unpaired) electrons. The van der Waals surface area contributed by atoms with E-state index >= 15 is 0 Å². The molecule has 2 aromatic rings. The molecule has 3 rings (SSSR count). The number of hydrogen-bond donors (Lipinski definition) is 0. The van der Waals surface area contributed by atoms with E-state index in [0.717, 1.165) is 29.2 Å². The topological polar surface area (TPSA) is 59.3 Å². The van der Waals surface area contributed by atoms with Gasteiger partial charge < -0.3 is 9.47 Å². The highest BCUT2D eigenvalue weighted by Crippen LogP contribution is 2.50. The van der Waals surface area contributed by atoms with Crippen LogP contribution in [0.25, 0.3) is 0 Å². The van der Waals surface area contributed by atoms with E-state index < -0.39 is 5.60 Å². The molecule has 1 saturated carbocycles. The fourth-order valence-electron chi connectivity index (χ4n) is 2.69. The van der Waals surface area contributed by atoms with E-state index in [0.29, 0.717) is 12.2 Å². The molecule has 0 bridgehead atoms. The Morgan fingerprint density at radius 3 is 2.35 bits per heavy atom. The molecule has 26 heavy (non-hydrogen) atoms. The van der Waals surface area contributed by atoms with Gasteiger partial charge in [0, 0.05) is 5.92 Å². The number of hydrogen-bond acceptors (Lipinski definition) is 4. The molecule has 0 amide bonds. The van der Waals surface area contributed by atoms with Crippen LogP contribution in [0.5, 0.6) is 5.75 Å². The number of esters is 1. The van der Waals surface area contributed by atoms with Crippen LogP contribution in [0.3, 0.4) is 0 Å². The van der Waals surface area contributed by atoms with Gasteiger partial charge in [-0.3, -0.25) is 4.79 Å². The number of carbonyl (C=O) groups is 1. The van der Waals surface area contributed by atoms with Gasteiger partial charge >= 0.3 is 5.97 Å². The lowest BCUT2D eigenvalue weighted by atomic mass is 10.1. The van der Waals surface area contributed by atoms with Crippen molar-refractivity contribution in [3.8, 4) is 11.8 Å². The van der Waals surface area contributed by atoms with E-state index in [4.69, 9.17) is 14.7 Å². The minimum Gasteiger partial charge on any atom is -0.489 e. The summed E-state index contributed by atoms with van der Waals surface area (Å²) in [6, 6.07) is 17.3. The maximum absolute atomic E-state index is 12.1. The van der Waals surface area contributed by atoms with Crippen molar-refractivity contribution in [2.45, 2.75) is 45.3 Å². The summed E-state index contributed by atoms with van der Waals surface area (Å²) in [5, 5.41) is 8.81. The SMILES string of the molecule is CC(C)(C)OC(=O)[C]1C[C@H]1c1ccc(OCc2ccc(C#N)cc2)cc1. The number of ether oxygens (including phenoxy) is 2. The Balaban J connectivity index is 1.53. The molecule has 1 atom stereocenters. The van der Waals surface area contributed by atoms with Crippen LogP contribution in [-0.4, -0.2) is 11.6 Å². The van der Waals surface area contributed by atoms with Crippen molar-refractivity contribution >= 4 is 5.97 Å². The third kappa shape index (κ3) is 4.64. The molecule has 0 spiro atoms. The molecule has 1 aliphatic rings. The predicted octanol–water partition coefficient (Wildman–Crippen LogP) is 4.54. The number of rotatable bonds is 5. The minimum absolute atomic E-state index is 0.164. The second-order valence-electron chi connectivity index (χ2n) is 7.45. The van der Waals surface area contributed by atoms with Crippen molar-refractivity contribution in [2.24, 2.45) is 0 Å². The van der Waals surface area contributed by atoms with Crippen molar-refractivity contribution < 1.29 is 14.3 Å². The zero-order valence-corrected chi connectivity index (χ0v) is 15.3. The molecule has 2 aromatic carbocycles. The highest BCUT2D eigenvalue weighted by atomic mass is 16.6. The Kier molecular flexibility index (Phi) is 4.99. The molecule has 0 heterocycles. The molecular formula is C22H22NO3. The molecule has 4 nitrogen and oxygen atoms in total. The highest BCUT2D eigenvalue weighted by Gasteiger charge is 2.47. The van der Waals surface area contributed by atoms with E-state index in [-0.39, 0.29) is 11.9 Å². The lowest BCUT2D eigenvalue weighted by molar-refractivity contribution is -0.151. The van der Waals surface area contributed by atoms with Crippen molar-refractivity contribution in [3.05, 3.63) is 71.1 Å². The fourth-order valence-corrected chi connectivity index (χ4v) is 2.69. The van der Waals surface area contributed by atoms with Crippen LogP contribution in [-0.2, 0) is 16.1 Å². The van der Waals surface area contributed by atoms with Gasteiger partial charge in [-0.1, -0.05) is 24.3 Å². The predicted molar refractivity (Wildman–Crippen MR) is 98.4 cm³/mol. The van der Waals surface area contributed by atoms with E-state index in [1.807, 2.05) is 57.2 Å². The van der Waals surface area contributed by atoms with Gasteiger partial charge in [0.05, 0.1) is 17.6 Å². The second kappa shape index (κ2) is 7.21. The number of carbonyl (C=O) groups excluding carboxylic acids is 1. The van der Waals surface area contributed by atoms with E-state index in [9.17, 15) is 4.79 Å². The summed E-state index contributed by atoms with van der Waals surface area (Å²) in [4.78, 5) is 12.1. The first kappa shape index (κ1) is 18.0. The van der Waals surface area contributed by atoms with Gasteiger partial charge in [0.2, 0.25) is 0 Å². The van der Waals surface area contributed by atoms with Crippen LogP contribution in [0.2, 0.25) is 0 Å². The second-order valence-corrected chi connectivity index (χ2v) is 7.45. The largest absolute Gasteiger partial charge is 0.489 e. The Morgan fingerprint density at radius 1 is 1.12 bits per heavy atom. The van der Waals surface area contributed by atoms with Gasteiger partial charge in [-0.05, 0) is 62.6 Å². The molecule has 0 unspecified atom stereocenters. The molecule has 0 saturated heterocycles. The van der Waals surface area contributed by atoms with Crippen molar-refractivity contribution in [2.75, 3.05) is 0 Å². The monoisotopic (exact) mass is 348 g/mol. The molecule has 0 N–H and O–H groups in total. The standard InChI is InChI=1S/C22H22NO3/c1-22(2,3)26-21(24)20-12-19(20)17-8-10-18(11-9-17)25-14-16-6-4-15(13-23)5-7-16/h4-11,19H,12,14H2,1-3H3/t19-/m0/s1. The average molecular weight is 348 g/mol. The Bertz CT molecular complexity index is 810. The van der Waals surface area contributed by atoms with Crippen LogP contribution in [0.15, 0.2) is 48.5 Å². The summed E-state index contributed by atoms with van der Waals surface area (Å²) >= 11 is 0. The molecule has 4 heteroatoms. The van der Waals surface area contributed by atoms with E-state index in [1.54, 1.807) is 12.1 Å². The zero-order valence-electron chi connectivity index (χ0n) is 15.3. The molecule has 0 aromatic heterocycles. The van der Waals surface area contributed by atoms with Gasteiger partial charge in [-0.15, -0.1) is 0 Å². The first-order chi connectivity index (χ1) is 12.4. The molecule has 1 fully saturated rings. The van der Waals surface area contributed by atoms with Gasteiger partial charge in [-0.25, -0.2) is 0 Å². The summed E-state index contributed by atoms with van der Waals surface area (Å²) in [6.45, 7) is 6.08. The third-order valence-electron chi connectivity index (χ3n) is 4.12. The van der Waals surface area contributed by atoms with E-state index in [2.05, 4.69) is 6.07 Å². The molecular weight excluding hydrogens is 326 g/mol. The van der Waals surface area contributed by atoms with Crippen LogP contribution in [0.1, 0.15) is 49.8 Å². The summed E-state index contributed by atoms with van der Waals surface area (Å²) in [7, 11) is 0. The lowest BCUT2D eigenvalue weighted by Crippen LogP contribution is -2.24. The smallest absolute Gasteiger partial charge is 0.314 e. The van der Waals surface area contributed by atoms with Gasteiger partial charge in [0.1, 0.15) is 18.0 Å². The maximum Gasteiger partial charge on any atom is 0.314 e. The highest BCUT2D eigenvalue weighted by molar-refractivity contribution is 5.91. The lowest BCUT2D eigenvalue weighted by Gasteiger charge is -2.19. The molecule has 1 aliphatic carbocycles. The van der Waals surface area contributed by atoms with Crippen LogP contribution in [0, 0.1) is 17.2 Å². The number of nitriles is 1. The summed E-state index contributed by atoms with van der Waals surface area (Å²) in [5.41, 5.74) is 2.30. The summed E-state index contributed by atoms with van der Waals surface area (Å²) in [6.07, 6.45) is 0.764. The van der Waals surface area contributed by atoms with Gasteiger partial charge in [0.25, 0.3) is 0 Å². The first-order valence-corrected chi connectivity index (χ1v) is 8.66. The Hall–Kier alpha value is -2.80. The zero-order chi connectivity index (χ0) is 18.7. The van der Waals surface area contributed by atoms with Crippen molar-refractivity contribution in [1.29, 1.82) is 5.26 Å². The van der Waals surface area contributed by atoms with Crippen LogP contribution >= 0.6 is 0 Å². The Morgan fingerprint density at radius 2 is 1.77 bits per heavy atom. The quantitative estimate of drug-likeness (QED) is 0.744. The van der Waals surface area contributed by atoms with Crippen LogP contribution in [0.4, 0.5) is 0 Å². The third-order valence-corrected chi connectivity index (χ3v) is 4.12. The fraction of sp³-hybridized carbons (Fsp3) is 0.318.